The van der Waals surface area contributed by atoms with Crippen LogP contribution in [0.25, 0.3) is 10.9 Å². The number of nitrogens with one attached hydrogen (secondary N) is 2. The van der Waals surface area contributed by atoms with Crippen molar-refractivity contribution < 1.29 is 19.4 Å². The third-order valence-electron chi connectivity index (χ3n) is 6.18. The van der Waals surface area contributed by atoms with E-state index in [-0.39, 0.29) is 12.1 Å². The Hall–Kier alpha value is -2.42. The second-order valence-corrected chi connectivity index (χ2v) is 9.33. The number of halogens is 1. The van der Waals surface area contributed by atoms with Crippen LogP contribution in [0.3, 0.4) is 0 Å². The Morgan fingerprint density at radius 3 is 2.94 bits per heavy atom. The summed E-state index contributed by atoms with van der Waals surface area (Å²) in [5.41, 5.74) is 2.80. The summed E-state index contributed by atoms with van der Waals surface area (Å²) in [6.45, 7) is 6.41. The van der Waals surface area contributed by atoms with Crippen LogP contribution in [-0.4, -0.2) is 65.9 Å². The minimum atomic E-state index is -0.655. The standard InChI is InChI=1S/C26H32ClN3O4/c1-17(28-14-23(32)19-5-3-6-21(27)12-19)11-20-13-29-26-22(20)7-4-8-24(26)34-25(16-31)30-9-10-33-18(2)15-30/h3-8,12-13,16-18,23,25,28-29,32H,9-11,14-15H2,1-2H3/t17-,18+,23+,25+/m1/s1. The molecule has 0 bridgehead atoms. The highest BCUT2D eigenvalue weighted by Gasteiger charge is 2.26. The first kappa shape index (κ1) is 24.7. The first-order chi connectivity index (χ1) is 16.4. The Labute approximate surface area is 205 Å². The summed E-state index contributed by atoms with van der Waals surface area (Å²) in [4.78, 5) is 17.1. The molecule has 4 rings (SSSR count). The van der Waals surface area contributed by atoms with Crippen molar-refractivity contribution >= 4 is 28.8 Å². The molecule has 4 atom stereocenters. The van der Waals surface area contributed by atoms with Crippen LogP contribution in [0.15, 0.2) is 48.7 Å². The van der Waals surface area contributed by atoms with E-state index < -0.39 is 12.3 Å². The van der Waals surface area contributed by atoms with Gasteiger partial charge in [0.2, 0.25) is 6.23 Å². The van der Waals surface area contributed by atoms with Crippen molar-refractivity contribution in [2.75, 3.05) is 26.2 Å². The topological polar surface area (TPSA) is 86.8 Å². The molecule has 0 saturated carbocycles. The lowest BCUT2D eigenvalue weighted by molar-refractivity contribution is -0.128. The molecular formula is C26H32ClN3O4. The Morgan fingerprint density at radius 2 is 2.18 bits per heavy atom. The summed E-state index contributed by atoms with van der Waals surface area (Å²) < 4.78 is 11.7. The second kappa shape index (κ2) is 11.3. The number of hydrogen-bond acceptors (Lipinski definition) is 6. The first-order valence-corrected chi connectivity index (χ1v) is 12.1. The fraction of sp³-hybridized carbons (Fsp3) is 0.423. The molecule has 1 aliphatic rings. The number of aldehydes is 1. The number of carbonyl (C=O) groups is 1. The third kappa shape index (κ3) is 5.98. The third-order valence-corrected chi connectivity index (χ3v) is 6.41. The summed E-state index contributed by atoms with van der Waals surface area (Å²) in [5.74, 6) is 0.650. The zero-order chi connectivity index (χ0) is 24.1. The molecule has 0 unspecified atom stereocenters. The summed E-state index contributed by atoms with van der Waals surface area (Å²) in [6, 6.07) is 13.3. The number of hydrogen-bond donors (Lipinski definition) is 3. The van der Waals surface area contributed by atoms with Gasteiger partial charge in [-0.2, -0.15) is 0 Å². The van der Waals surface area contributed by atoms with Gasteiger partial charge in [0.1, 0.15) is 5.75 Å². The average molecular weight is 486 g/mol. The largest absolute Gasteiger partial charge is 0.466 e. The molecule has 34 heavy (non-hydrogen) atoms. The number of para-hydroxylation sites is 1. The predicted molar refractivity (Wildman–Crippen MR) is 133 cm³/mol. The lowest BCUT2D eigenvalue weighted by atomic mass is 10.0. The van der Waals surface area contributed by atoms with Gasteiger partial charge in [0.05, 0.1) is 24.3 Å². The van der Waals surface area contributed by atoms with E-state index in [1.807, 2.05) is 48.4 Å². The highest BCUT2D eigenvalue weighted by molar-refractivity contribution is 6.30. The number of aromatic amines is 1. The smallest absolute Gasteiger partial charge is 0.209 e. The lowest BCUT2D eigenvalue weighted by Gasteiger charge is -2.34. The van der Waals surface area contributed by atoms with E-state index in [1.54, 1.807) is 12.1 Å². The summed E-state index contributed by atoms with van der Waals surface area (Å²) in [6.07, 6.45) is 2.38. The van der Waals surface area contributed by atoms with Crippen LogP contribution in [0.2, 0.25) is 5.02 Å². The zero-order valence-electron chi connectivity index (χ0n) is 19.5. The monoisotopic (exact) mass is 485 g/mol. The van der Waals surface area contributed by atoms with E-state index in [1.165, 1.54) is 0 Å². The number of carbonyl (C=O) groups excluding carboxylic acids is 1. The quantitative estimate of drug-likeness (QED) is 0.380. The van der Waals surface area contributed by atoms with Gasteiger partial charge in [-0.1, -0.05) is 35.9 Å². The van der Waals surface area contributed by atoms with Crippen molar-refractivity contribution in [3.8, 4) is 5.75 Å². The maximum absolute atomic E-state index is 11.8. The van der Waals surface area contributed by atoms with Crippen LogP contribution in [0.1, 0.15) is 31.1 Å². The van der Waals surface area contributed by atoms with Crippen molar-refractivity contribution in [3.05, 3.63) is 64.8 Å². The van der Waals surface area contributed by atoms with Crippen LogP contribution in [0, 0.1) is 0 Å². The van der Waals surface area contributed by atoms with E-state index in [2.05, 4.69) is 17.2 Å². The molecule has 0 radical (unpaired) electrons. The van der Waals surface area contributed by atoms with E-state index in [0.717, 1.165) is 34.7 Å². The molecule has 1 aliphatic heterocycles. The molecule has 2 heterocycles. The highest BCUT2D eigenvalue weighted by Crippen LogP contribution is 2.29. The minimum Gasteiger partial charge on any atom is -0.466 e. The Kier molecular flexibility index (Phi) is 8.24. The van der Waals surface area contributed by atoms with Gasteiger partial charge in [0.25, 0.3) is 0 Å². The van der Waals surface area contributed by atoms with Crippen molar-refractivity contribution in [3.63, 3.8) is 0 Å². The SMILES string of the molecule is C[C@H](Cc1c[nH]c2c(O[C@@H](C=O)N3CCO[C@@H](C)C3)cccc12)NC[C@H](O)c1cccc(Cl)c1. The van der Waals surface area contributed by atoms with Crippen molar-refractivity contribution in [1.82, 2.24) is 15.2 Å². The van der Waals surface area contributed by atoms with Crippen LogP contribution in [0.4, 0.5) is 0 Å². The van der Waals surface area contributed by atoms with Gasteiger partial charge in [-0.3, -0.25) is 9.69 Å². The maximum Gasteiger partial charge on any atom is 0.209 e. The Balaban J connectivity index is 1.40. The number of fused-ring (bicyclic) bond motifs is 1. The second-order valence-electron chi connectivity index (χ2n) is 8.90. The van der Waals surface area contributed by atoms with E-state index >= 15 is 0 Å². The van der Waals surface area contributed by atoms with Crippen LogP contribution in [0.5, 0.6) is 5.75 Å². The molecular weight excluding hydrogens is 454 g/mol. The average Bonchev–Trinajstić information content (AvgIpc) is 3.24. The Morgan fingerprint density at radius 1 is 1.35 bits per heavy atom. The molecule has 7 nitrogen and oxygen atoms in total. The highest BCUT2D eigenvalue weighted by atomic mass is 35.5. The van der Waals surface area contributed by atoms with Gasteiger partial charge in [0, 0.05) is 42.3 Å². The number of rotatable bonds is 10. The normalized spacial score (nSPS) is 19.6. The number of benzene rings is 2. The summed E-state index contributed by atoms with van der Waals surface area (Å²) in [7, 11) is 0. The maximum atomic E-state index is 11.8. The fourth-order valence-electron chi connectivity index (χ4n) is 4.39. The van der Waals surface area contributed by atoms with Gasteiger partial charge >= 0.3 is 0 Å². The van der Waals surface area contributed by atoms with Gasteiger partial charge in [0.15, 0.2) is 6.29 Å². The van der Waals surface area contributed by atoms with Gasteiger partial charge in [-0.15, -0.1) is 0 Å². The van der Waals surface area contributed by atoms with E-state index in [4.69, 9.17) is 21.1 Å². The molecule has 2 aromatic carbocycles. The molecule has 1 fully saturated rings. The lowest BCUT2D eigenvalue weighted by Crippen LogP contribution is -2.49. The number of ether oxygens (including phenoxy) is 2. The molecule has 8 heteroatoms. The van der Waals surface area contributed by atoms with E-state index in [0.29, 0.717) is 37.0 Å². The number of morpholine rings is 1. The van der Waals surface area contributed by atoms with Crippen LogP contribution in [-0.2, 0) is 16.0 Å². The number of H-pyrrole nitrogens is 1. The molecule has 0 aliphatic carbocycles. The Bertz CT molecular complexity index is 1100. The molecule has 0 amide bonds. The summed E-state index contributed by atoms with van der Waals surface area (Å²) in [5, 5.41) is 15.5. The number of aromatic nitrogens is 1. The molecule has 3 N–H and O–H groups in total. The van der Waals surface area contributed by atoms with Crippen molar-refractivity contribution in [1.29, 1.82) is 0 Å². The van der Waals surface area contributed by atoms with Crippen LogP contribution < -0.4 is 10.1 Å². The minimum absolute atomic E-state index is 0.0686. The molecule has 0 spiro atoms. The van der Waals surface area contributed by atoms with Crippen LogP contribution >= 0.6 is 11.6 Å². The number of nitrogens with zero attached hydrogens (tertiary/aromatic N) is 1. The number of aliphatic hydroxyl groups is 1. The molecule has 1 aromatic heterocycles. The molecule has 1 saturated heterocycles. The van der Waals surface area contributed by atoms with Crippen molar-refractivity contribution in [2.45, 2.75) is 44.7 Å². The van der Waals surface area contributed by atoms with Gasteiger partial charge in [-0.25, -0.2) is 0 Å². The zero-order valence-corrected chi connectivity index (χ0v) is 20.3. The van der Waals surface area contributed by atoms with E-state index in [9.17, 15) is 9.90 Å². The fourth-order valence-corrected chi connectivity index (χ4v) is 4.59. The van der Waals surface area contributed by atoms with Gasteiger partial charge < -0.3 is 24.9 Å². The molecule has 3 aromatic rings. The summed E-state index contributed by atoms with van der Waals surface area (Å²) >= 11 is 6.03. The van der Waals surface area contributed by atoms with Crippen molar-refractivity contribution in [2.24, 2.45) is 0 Å². The first-order valence-electron chi connectivity index (χ1n) is 11.7. The molecule has 182 valence electrons. The number of aliphatic hydroxyl groups excluding tert-OH is 1. The van der Waals surface area contributed by atoms with Gasteiger partial charge in [-0.05, 0) is 49.6 Å². The predicted octanol–water partition coefficient (Wildman–Crippen LogP) is 3.70.